The highest BCUT2D eigenvalue weighted by Gasteiger charge is 2.14. The molecule has 1 aromatic rings. The first-order valence-corrected chi connectivity index (χ1v) is 4.66. The van der Waals surface area contributed by atoms with E-state index in [1.807, 2.05) is 6.07 Å². The van der Waals surface area contributed by atoms with Crippen molar-refractivity contribution in [2.75, 3.05) is 0 Å². The van der Waals surface area contributed by atoms with Crippen LogP contribution in [0.5, 0.6) is 0 Å². The number of hydrogen-bond acceptors (Lipinski definition) is 2. The highest BCUT2D eigenvalue weighted by molar-refractivity contribution is 5.23. The SMILES string of the molecule is CCC1=CNC(c2ccccc2)N1. The van der Waals surface area contributed by atoms with Crippen molar-refractivity contribution >= 4 is 0 Å². The van der Waals surface area contributed by atoms with E-state index < -0.39 is 0 Å². The van der Waals surface area contributed by atoms with Crippen LogP contribution in [0, 0.1) is 0 Å². The lowest BCUT2D eigenvalue weighted by Crippen LogP contribution is -2.22. The van der Waals surface area contributed by atoms with Gasteiger partial charge in [-0.15, -0.1) is 0 Å². The summed E-state index contributed by atoms with van der Waals surface area (Å²) in [5.74, 6) is 0. The molecule has 1 atom stereocenters. The molecule has 68 valence electrons. The minimum Gasteiger partial charge on any atom is -0.366 e. The molecular formula is C11H14N2. The molecule has 2 nitrogen and oxygen atoms in total. The summed E-state index contributed by atoms with van der Waals surface area (Å²) in [5, 5.41) is 6.71. The molecular weight excluding hydrogens is 160 g/mol. The Bertz CT molecular complexity index is 303. The Morgan fingerprint density at radius 3 is 2.62 bits per heavy atom. The minimum atomic E-state index is 0.260. The van der Waals surface area contributed by atoms with Crippen LogP contribution in [-0.2, 0) is 0 Å². The maximum Gasteiger partial charge on any atom is 0.122 e. The standard InChI is InChI=1S/C11H14N2/c1-2-10-8-12-11(13-10)9-6-4-3-5-7-9/h3-8,11-13H,2H2,1H3. The first-order valence-electron chi connectivity index (χ1n) is 4.66. The first-order chi connectivity index (χ1) is 6.40. The van der Waals surface area contributed by atoms with Gasteiger partial charge in [0.2, 0.25) is 0 Å². The number of hydrogen-bond donors (Lipinski definition) is 2. The van der Waals surface area contributed by atoms with Gasteiger partial charge in [-0.1, -0.05) is 37.3 Å². The Morgan fingerprint density at radius 1 is 1.23 bits per heavy atom. The molecule has 0 radical (unpaired) electrons. The summed E-state index contributed by atoms with van der Waals surface area (Å²) in [6.07, 6.45) is 3.37. The van der Waals surface area contributed by atoms with Gasteiger partial charge >= 0.3 is 0 Å². The second kappa shape index (κ2) is 3.52. The van der Waals surface area contributed by atoms with Gasteiger partial charge in [0, 0.05) is 11.9 Å². The molecule has 0 fully saturated rings. The fourth-order valence-corrected chi connectivity index (χ4v) is 1.48. The average molecular weight is 174 g/mol. The van der Waals surface area contributed by atoms with Crippen molar-refractivity contribution in [2.45, 2.75) is 19.5 Å². The molecule has 1 aliphatic heterocycles. The van der Waals surface area contributed by atoms with Crippen molar-refractivity contribution in [2.24, 2.45) is 0 Å². The van der Waals surface area contributed by atoms with Crippen LogP contribution in [0.15, 0.2) is 42.2 Å². The van der Waals surface area contributed by atoms with Crippen molar-refractivity contribution in [3.8, 4) is 0 Å². The normalized spacial score (nSPS) is 20.4. The molecule has 2 rings (SSSR count). The van der Waals surface area contributed by atoms with Crippen molar-refractivity contribution in [3.05, 3.63) is 47.8 Å². The van der Waals surface area contributed by atoms with Crippen molar-refractivity contribution < 1.29 is 0 Å². The monoisotopic (exact) mass is 174 g/mol. The van der Waals surface area contributed by atoms with Crippen LogP contribution >= 0.6 is 0 Å². The maximum absolute atomic E-state index is 3.41. The quantitative estimate of drug-likeness (QED) is 0.717. The first kappa shape index (κ1) is 8.17. The van der Waals surface area contributed by atoms with Crippen LogP contribution in [0.2, 0.25) is 0 Å². The van der Waals surface area contributed by atoms with Crippen molar-refractivity contribution in [1.29, 1.82) is 0 Å². The zero-order valence-electron chi connectivity index (χ0n) is 7.75. The van der Waals surface area contributed by atoms with Gasteiger partial charge in [0.1, 0.15) is 6.17 Å². The van der Waals surface area contributed by atoms with E-state index in [0.717, 1.165) is 6.42 Å². The Labute approximate surface area is 78.7 Å². The second-order valence-electron chi connectivity index (χ2n) is 3.18. The van der Waals surface area contributed by atoms with Gasteiger partial charge in [-0.3, -0.25) is 0 Å². The van der Waals surface area contributed by atoms with Crippen LogP contribution in [0.3, 0.4) is 0 Å². The fourth-order valence-electron chi connectivity index (χ4n) is 1.48. The number of allylic oxidation sites excluding steroid dienone is 1. The third kappa shape index (κ3) is 1.66. The Hall–Kier alpha value is -1.44. The van der Waals surface area contributed by atoms with Gasteiger partial charge < -0.3 is 10.6 Å². The predicted octanol–water partition coefficient (Wildman–Crippen LogP) is 2.13. The van der Waals surface area contributed by atoms with Gasteiger partial charge in [0.15, 0.2) is 0 Å². The molecule has 2 N–H and O–H groups in total. The van der Waals surface area contributed by atoms with Crippen molar-refractivity contribution in [3.63, 3.8) is 0 Å². The predicted molar refractivity (Wildman–Crippen MR) is 53.8 cm³/mol. The van der Waals surface area contributed by atoms with Crippen LogP contribution in [0.25, 0.3) is 0 Å². The second-order valence-corrected chi connectivity index (χ2v) is 3.18. The molecule has 1 unspecified atom stereocenters. The molecule has 0 saturated heterocycles. The third-order valence-corrected chi connectivity index (χ3v) is 2.27. The van der Waals surface area contributed by atoms with Crippen molar-refractivity contribution in [1.82, 2.24) is 10.6 Å². The Morgan fingerprint density at radius 2 is 2.00 bits per heavy atom. The summed E-state index contributed by atoms with van der Waals surface area (Å²) >= 11 is 0. The van der Waals surface area contributed by atoms with Crippen LogP contribution in [0.1, 0.15) is 25.1 Å². The molecule has 2 heteroatoms. The van der Waals surface area contributed by atoms with E-state index in [-0.39, 0.29) is 6.17 Å². The van der Waals surface area contributed by atoms with E-state index in [2.05, 4.69) is 48.0 Å². The maximum atomic E-state index is 3.41. The van der Waals surface area contributed by atoms with E-state index in [1.165, 1.54) is 11.3 Å². The summed E-state index contributed by atoms with van der Waals surface area (Å²) in [6, 6.07) is 10.4. The summed E-state index contributed by atoms with van der Waals surface area (Å²) in [4.78, 5) is 0. The lowest BCUT2D eigenvalue weighted by molar-refractivity contribution is 0.588. The van der Waals surface area contributed by atoms with E-state index in [1.54, 1.807) is 0 Å². The Kier molecular flexibility index (Phi) is 2.21. The Balaban J connectivity index is 2.07. The molecule has 13 heavy (non-hydrogen) atoms. The minimum absolute atomic E-state index is 0.260. The molecule has 0 saturated carbocycles. The highest BCUT2D eigenvalue weighted by Crippen LogP contribution is 2.16. The summed E-state index contributed by atoms with van der Waals surface area (Å²) < 4.78 is 0. The lowest BCUT2D eigenvalue weighted by Gasteiger charge is -2.13. The molecule has 1 aromatic carbocycles. The van der Waals surface area contributed by atoms with Crippen LogP contribution in [-0.4, -0.2) is 0 Å². The van der Waals surface area contributed by atoms with E-state index >= 15 is 0 Å². The molecule has 0 spiro atoms. The average Bonchev–Trinajstić information content (AvgIpc) is 2.67. The molecule has 0 bridgehead atoms. The topological polar surface area (TPSA) is 24.1 Å². The van der Waals surface area contributed by atoms with Gasteiger partial charge in [0.25, 0.3) is 0 Å². The molecule has 0 aliphatic carbocycles. The summed E-state index contributed by atoms with van der Waals surface area (Å²) in [5.41, 5.74) is 2.55. The fraction of sp³-hybridized carbons (Fsp3) is 0.273. The molecule has 0 aromatic heterocycles. The zero-order valence-corrected chi connectivity index (χ0v) is 7.75. The van der Waals surface area contributed by atoms with Gasteiger partial charge in [-0.25, -0.2) is 0 Å². The highest BCUT2D eigenvalue weighted by atomic mass is 15.2. The molecule has 1 aliphatic rings. The van der Waals surface area contributed by atoms with Crippen LogP contribution < -0.4 is 10.6 Å². The molecule has 1 heterocycles. The third-order valence-electron chi connectivity index (χ3n) is 2.27. The van der Waals surface area contributed by atoms with E-state index in [0.29, 0.717) is 0 Å². The number of nitrogens with one attached hydrogen (secondary N) is 2. The van der Waals surface area contributed by atoms with Gasteiger partial charge in [-0.05, 0) is 12.0 Å². The number of benzene rings is 1. The molecule has 0 amide bonds. The van der Waals surface area contributed by atoms with E-state index in [9.17, 15) is 0 Å². The van der Waals surface area contributed by atoms with Crippen LogP contribution in [0.4, 0.5) is 0 Å². The zero-order chi connectivity index (χ0) is 9.10. The smallest absolute Gasteiger partial charge is 0.122 e. The summed E-state index contributed by atoms with van der Waals surface area (Å²) in [6.45, 7) is 2.15. The summed E-state index contributed by atoms with van der Waals surface area (Å²) in [7, 11) is 0. The van der Waals surface area contributed by atoms with E-state index in [4.69, 9.17) is 0 Å². The lowest BCUT2D eigenvalue weighted by atomic mass is 10.2. The number of rotatable bonds is 2. The van der Waals surface area contributed by atoms with Gasteiger partial charge in [0.05, 0.1) is 0 Å². The van der Waals surface area contributed by atoms with Gasteiger partial charge in [-0.2, -0.15) is 0 Å². The largest absolute Gasteiger partial charge is 0.366 e.